The minimum Gasteiger partial charge on any atom is -0.699 e. The van der Waals surface area contributed by atoms with Crippen molar-refractivity contribution in [2.45, 2.75) is 27.7 Å². The van der Waals surface area contributed by atoms with E-state index >= 15 is 0 Å². The maximum atomic E-state index is 7.00. The number of halogens is 2. The van der Waals surface area contributed by atoms with Crippen LogP contribution in [-0.4, -0.2) is 0 Å². The van der Waals surface area contributed by atoms with Crippen LogP contribution in [0.3, 0.4) is 0 Å². The van der Waals surface area contributed by atoms with Crippen molar-refractivity contribution in [1.29, 1.82) is 0 Å². The molecule has 1 aromatic rings. The molecule has 0 saturated heterocycles. The Labute approximate surface area is 144 Å². The van der Waals surface area contributed by atoms with Gasteiger partial charge in [0.2, 0.25) is 0 Å². The van der Waals surface area contributed by atoms with Crippen molar-refractivity contribution in [3.05, 3.63) is 58.9 Å². The summed E-state index contributed by atoms with van der Waals surface area (Å²) in [6, 6.07) is 9.10. The minimum absolute atomic E-state index is 0. The Balaban J connectivity index is -0.000000237. The summed E-state index contributed by atoms with van der Waals surface area (Å²) in [5.41, 5.74) is 11.8. The van der Waals surface area contributed by atoms with E-state index in [1.807, 2.05) is 18.2 Å². The molecule has 1 nitrogen and oxygen atoms in total. The molecule has 1 N–H and O–H groups in total. The van der Waals surface area contributed by atoms with Crippen LogP contribution >= 0.6 is 24.8 Å². The van der Waals surface area contributed by atoms with Gasteiger partial charge in [0.15, 0.2) is 0 Å². The van der Waals surface area contributed by atoms with E-state index in [4.69, 9.17) is 5.73 Å². The van der Waals surface area contributed by atoms with Gasteiger partial charge in [-0.15, -0.1) is 37.4 Å². The molecule has 19 heavy (non-hydrogen) atoms. The molecule has 0 bridgehead atoms. The van der Waals surface area contributed by atoms with Gasteiger partial charge in [-0.2, -0.15) is 11.1 Å². The smallest absolute Gasteiger partial charge is 0.699 e. The molecular formula is C15H21Cl2NTi. The third kappa shape index (κ3) is 7.84. The largest absolute Gasteiger partial charge is 2.00 e. The second-order valence-electron chi connectivity index (χ2n) is 4.17. The van der Waals surface area contributed by atoms with Gasteiger partial charge in [-0.3, -0.25) is 6.08 Å². The molecule has 0 aromatic heterocycles. The first kappa shape index (κ1) is 23.9. The fourth-order valence-electron chi connectivity index (χ4n) is 1.60. The molecule has 0 radical (unpaired) electrons. The fourth-order valence-corrected chi connectivity index (χ4v) is 1.60. The Hall–Kier alpha value is -0.206. The Morgan fingerprint density at radius 1 is 1.00 bits per heavy atom. The third-order valence-electron chi connectivity index (χ3n) is 3.01. The third-order valence-corrected chi connectivity index (χ3v) is 3.01. The Morgan fingerprint density at radius 2 is 1.47 bits per heavy atom. The number of nitrogens with one attached hydrogen (secondary N) is 1. The topological polar surface area (TPSA) is 23.8 Å². The normalized spacial score (nSPS) is 16.0. The van der Waals surface area contributed by atoms with E-state index in [9.17, 15) is 0 Å². The van der Waals surface area contributed by atoms with Crippen molar-refractivity contribution in [3.8, 4) is 0 Å². The molecule has 0 fully saturated rings. The van der Waals surface area contributed by atoms with E-state index in [0.29, 0.717) is 11.6 Å². The standard InChI is InChI=1S/C9H13.C6H6N.2ClH.Ti/c1-6-5-7(2)9(4)8(6)3;7-6-4-2-1-3-5-6;;;/h6H,1-4H3;1-5,7H;2*1H;/q2*-1;;;+2. The molecule has 0 saturated carbocycles. The zero-order chi connectivity index (χ0) is 12.1. The Morgan fingerprint density at radius 3 is 1.63 bits per heavy atom. The van der Waals surface area contributed by atoms with Crippen LogP contribution in [0.5, 0.6) is 0 Å². The summed E-state index contributed by atoms with van der Waals surface area (Å²) < 4.78 is 0. The van der Waals surface area contributed by atoms with E-state index in [2.05, 4.69) is 33.8 Å². The van der Waals surface area contributed by atoms with Gasteiger partial charge in [-0.1, -0.05) is 57.0 Å². The summed E-state index contributed by atoms with van der Waals surface area (Å²) in [6.45, 7) is 8.67. The second-order valence-corrected chi connectivity index (χ2v) is 4.17. The van der Waals surface area contributed by atoms with Crippen LogP contribution in [0.2, 0.25) is 0 Å². The summed E-state index contributed by atoms with van der Waals surface area (Å²) >= 11 is 0. The van der Waals surface area contributed by atoms with Crippen LogP contribution in [0.1, 0.15) is 27.7 Å². The average molecular weight is 334 g/mol. The van der Waals surface area contributed by atoms with Gasteiger partial charge in [-0.05, 0) is 0 Å². The predicted molar refractivity (Wildman–Crippen MR) is 84.9 cm³/mol. The van der Waals surface area contributed by atoms with Crippen LogP contribution < -0.4 is 0 Å². The van der Waals surface area contributed by atoms with Gasteiger partial charge in [0.1, 0.15) is 0 Å². The first-order chi connectivity index (χ1) is 7.52. The van der Waals surface area contributed by atoms with E-state index in [1.165, 1.54) is 16.7 Å². The molecule has 1 aliphatic carbocycles. The maximum Gasteiger partial charge on any atom is 2.00 e. The summed E-state index contributed by atoms with van der Waals surface area (Å²) in [6.07, 6.45) is 3.36. The molecule has 4 heteroatoms. The number of benzene rings is 1. The molecule has 0 heterocycles. The van der Waals surface area contributed by atoms with Crippen LogP contribution in [0.25, 0.3) is 5.73 Å². The van der Waals surface area contributed by atoms with E-state index in [1.54, 1.807) is 12.1 Å². The van der Waals surface area contributed by atoms with Crippen LogP contribution in [-0.2, 0) is 21.7 Å². The van der Waals surface area contributed by atoms with Gasteiger partial charge in [0.25, 0.3) is 0 Å². The number of rotatable bonds is 0. The average Bonchev–Trinajstić information content (AvgIpc) is 2.48. The van der Waals surface area contributed by atoms with Crippen molar-refractivity contribution < 1.29 is 21.7 Å². The van der Waals surface area contributed by atoms with Gasteiger partial charge in [-0.25, -0.2) is 5.57 Å². The fraction of sp³-hybridized carbons (Fsp3) is 0.333. The van der Waals surface area contributed by atoms with Crippen LogP contribution in [0.15, 0.2) is 47.1 Å². The maximum absolute atomic E-state index is 7.00. The molecule has 1 unspecified atom stereocenters. The summed E-state index contributed by atoms with van der Waals surface area (Å²) in [4.78, 5) is 0. The monoisotopic (exact) mass is 333 g/mol. The van der Waals surface area contributed by atoms with Gasteiger partial charge < -0.3 is 5.73 Å². The summed E-state index contributed by atoms with van der Waals surface area (Å²) in [5.74, 6) is 0.560. The number of hydrogen-bond acceptors (Lipinski definition) is 0. The zero-order valence-electron chi connectivity index (χ0n) is 11.8. The molecule has 104 valence electrons. The first-order valence-electron chi connectivity index (χ1n) is 5.57. The molecular weight excluding hydrogens is 313 g/mol. The van der Waals surface area contributed by atoms with E-state index < -0.39 is 0 Å². The zero-order valence-corrected chi connectivity index (χ0v) is 15.0. The molecule has 0 spiro atoms. The van der Waals surface area contributed by atoms with Crippen molar-refractivity contribution in [3.63, 3.8) is 0 Å². The van der Waals surface area contributed by atoms with Crippen LogP contribution in [0.4, 0.5) is 5.69 Å². The Bertz CT molecular complexity index is 413. The summed E-state index contributed by atoms with van der Waals surface area (Å²) in [5, 5.41) is 0. The van der Waals surface area contributed by atoms with Crippen molar-refractivity contribution in [2.24, 2.45) is 5.92 Å². The van der Waals surface area contributed by atoms with Crippen molar-refractivity contribution in [1.82, 2.24) is 0 Å². The van der Waals surface area contributed by atoms with Gasteiger partial charge >= 0.3 is 21.7 Å². The number of hydrogen-bond donors (Lipinski definition) is 0. The summed E-state index contributed by atoms with van der Waals surface area (Å²) in [7, 11) is 0. The van der Waals surface area contributed by atoms with Gasteiger partial charge in [0.05, 0.1) is 0 Å². The quantitative estimate of drug-likeness (QED) is 0.415. The molecule has 0 aliphatic heterocycles. The number of allylic oxidation sites excluding steroid dienone is 4. The van der Waals surface area contributed by atoms with Crippen molar-refractivity contribution in [2.75, 3.05) is 0 Å². The van der Waals surface area contributed by atoms with Crippen molar-refractivity contribution >= 4 is 30.5 Å². The molecule has 1 aromatic carbocycles. The molecule has 1 atom stereocenters. The first-order valence-corrected chi connectivity index (χ1v) is 5.57. The van der Waals surface area contributed by atoms with E-state index in [-0.39, 0.29) is 46.5 Å². The molecule has 1 aliphatic rings. The molecule has 2 rings (SSSR count). The minimum atomic E-state index is 0. The molecule has 0 amide bonds. The van der Waals surface area contributed by atoms with Gasteiger partial charge in [0, 0.05) is 0 Å². The van der Waals surface area contributed by atoms with Crippen LogP contribution in [0, 0.1) is 12.0 Å². The SMILES string of the molecule is CC1=[C-]C(C)C(C)=C1C.Cl.Cl.[NH-]c1ccccc1.[Ti+2]. The predicted octanol–water partition coefficient (Wildman–Crippen LogP) is 5.93. The Kier molecular flexibility index (Phi) is 14.6. The second kappa shape index (κ2) is 11.6. The van der Waals surface area contributed by atoms with E-state index in [0.717, 1.165) is 0 Å².